The van der Waals surface area contributed by atoms with Gasteiger partial charge in [0.1, 0.15) is 0 Å². The number of hydrogen-bond donors (Lipinski definition) is 1. The van der Waals surface area contributed by atoms with Gasteiger partial charge in [-0.15, -0.1) is 0 Å². The van der Waals surface area contributed by atoms with Crippen molar-refractivity contribution in [3.8, 4) is 0 Å². The van der Waals surface area contributed by atoms with Gasteiger partial charge in [-0.2, -0.15) is 11.8 Å². The fraction of sp³-hybridized carbons (Fsp3) is 0.625. The number of carboxylic acids is 1. The smallest absolute Gasteiger partial charge is 0.331 e. The predicted octanol–water partition coefficient (Wildman–Crippen LogP) is 1.15. The van der Waals surface area contributed by atoms with Gasteiger partial charge in [-0.1, -0.05) is 0 Å². The maximum Gasteiger partial charge on any atom is 0.331 e. The van der Waals surface area contributed by atoms with Crippen molar-refractivity contribution in [3.63, 3.8) is 0 Å². The van der Waals surface area contributed by atoms with Gasteiger partial charge in [0.05, 0.1) is 12.7 Å². The zero-order chi connectivity index (χ0) is 8.97. The molecule has 1 aliphatic heterocycles. The summed E-state index contributed by atoms with van der Waals surface area (Å²) < 4.78 is 5.34. The van der Waals surface area contributed by atoms with Crippen molar-refractivity contribution < 1.29 is 14.6 Å². The average Bonchev–Trinajstić information content (AvgIpc) is 2.06. The number of ether oxygens (including phenoxy) is 1. The zero-order valence-electron chi connectivity index (χ0n) is 6.95. The van der Waals surface area contributed by atoms with E-state index >= 15 is 0 Å². The van der Waals surface area contributed by atoms with Crippen molar-refractivity contribution in [2.75, 3.05) is 18.1 Å². The van der Waals surface area contributed by atoms with Crippen molar-refractivity contribution in [3.05, 3.63) is 11.6 Å². The van der Waals surface area contributed by atoms with Crippen LogP contribution in [0.4, 0.5) is 0 Å². The molecule has 0 bridgehead atoms. The van der Waals surface area contributed by atoms with E-state index in [0.717, 1.165) is 18.1 Å². The quantitative estimate of drug-likeness (QED) is 0.660. The molecule has 0 aromatic carbocycles. The van der Waals surface area contributed by atoms with Crippen molar-refractivity contribution in [2.24, 2.45) is 0 Å². The van der Waals surface area contributed by atoms with E-state index in [0.29, 0.717) is 5.57 Å². The Morgan fingerprint density at radius 1 is 1.75 bits per heavy atom. The third-order valence-electron chi connectivity index (χ3n) is 1.61. The van der Waals surface area contributed by atoms with Crippen LogP contribution in [-0.2, 0) is 9.53 Å². The van der Waals surface area contributed by atoms with Crippen LogP contribution in [0.15, 0.2) is 11.6 Å². The number of aliphatic carboxylic acids is 1. The van der Waals surface area contributed by atoms with Gasteiger partial charge in [0, 0.05) is 17.1 Å². The van der Waals surface area contributed by atoms with Crippen LogP contribution in [0.2, 0.25) is 0 Å². The maximum atomic E-state index is 10.4. The van der Waals surface area contributed by atoms with Gasteiger partial charge < -0.3 is 9.84 Å². The minimum absolute atomic E-state index is 0.0140. The Balaban J connectivity index is 2.47. The van der Waals surface area contributed by atoms with Crippen LogP contribution >= 0.6 is 11.8 Å². The average molecular weight is 188 g/mol. The molecule has 1 saturated heterocycles. The largest absolute Gasteiger partial charge is 0.478 e. The second kappa shape index (κ2) is 4.52. The topological polar surface area (TPSA) is 46.5 Å². The highest BCUT2D eigenvalue weighted by atomic mass is 32.2. The van der Waals surface area contributed by atoms with Crippen LogP contribution in [0.5, 0.6) is 0 Å². The third-order valence-corrected chi connectivity index (χ3v) is 2.63. The van der Waals surface area contributed by atoms with Crippen LogP contribution in [0.25, 0.3) is 0 Å². The highest BCUT2D eigenvalue weighted by Crippen LogP contribution is 2.14. The fourth-order valence-corrected chi connectivity index (χ4v) is 1.76. The molecule has 1 atom stereocenters. The summed E-state index contributed by atoms with van der Waals surface area (Å²) >= 11 is 1.79. The zero-order valence-corrected chi connectivity index (χ0v) is 7.76. The highest BCUT2D eigenvalue weighted by Gasteiger charge is 2.13. The second-order valence-electron chi connectivity index (χ2n) is 2.64. The molecule has 0 aliphatic carbocycles. The molecule has 12 heavy (non-hydrogen) atoms. The van der Waals surface area contributed by atoms with E-state index in [2.05, 4.69) is 0 Å². The molecular weight excluding hydrogens is 176 g/mol. The molecule has 68 valence electrons. The summed E-state index contributed by atoms with van der Waals surface area (Å²) in [5.41, 5.74) is 0.363. The lowest BCUT2D eigenvalue weighted by Crippen LogP contribution is -2.21. The molecule has 0 spiro atoms. The molecule has 0 aromatic heterocycles. The first-order chi connectivity index (χ1) is 5.70. The molecule has 1 fully saturated rings. The molecule has 1 N–H and O–H groups in total. The van der Waals surface area contributed by atoms with E-state index in [9.17, 15) is 4.79 Å². The summed E-state index contributed by atoms with van der Waals surface area (Å²) in [6.45, 7) is 2.31. The summed E-state index contributed by atoms with van der Waals surface area (Å²) in [5, 5.41) is 8.58. The normalized spacial score (nSPS) is 25.4. The van der Waals surface area contributed by atoms with Crippen molar-refractivity contribution >= 4 is 17.7 Å². The van der Waals surface area contributed by atoms with Crippen LogP contribution in [0.3, 0.4) is 0 Å². The molecule has 3 nitrogen and oxygen atoms in total. The summed E-state index contributed by atoms with van der Waals surface area (Å²) in [6.07, 6.45) is 1.66. The first kappa shape index (κ1) is 9.61. The van der Waals surface area contributed by atoms with E-state index in [1.165, 1.54) is 0 Å². The van der Waals surface area contributed by atoms with Gasteiger partial charge in [-0.05, 0) is 13.0 Å². The monoisotopic (exact) mass is 188 g/mol. The molecule has 0 aromatic rings. The van der Waals surface area contributed by atoms with Gasteiger partial charge in [0.25, 0.3) is 0 Å². The van der Waals surface area contributed by atoms with E-state index in [4.69, 9.17) is 9.84 Å². The van der Waals surface area contributed by atoms with E-state index in [1.807, 2.05) is 0 Å². The van der Waals surface area contributed by atoms with Gasteiger partial charge >= 0.3 is 5.97 Å². The van der Waals surface area contributed by atoms with E-state index < -0.39 is 5.97 Å². The molecular formula is C8H12O3S. The lowest BCUT2D eigenvalue weighted by Gasteiger charge is -2.19. The van der Waals surface area contributed by atoms with Gasteiger partial charge in [0.2, 0.25) is 0 Å². The molecule has 1 unspecified atom stereocenters. The van der Waals surface area contributed by atoms with Crippen LogP contribution in [0.1, 0.15) is 6.92 Å². The second-order valence-corrected chi connectivity index (χ2v) is 3.79. The maximum absolute atomic E-state index is 10.4. The van der Waals surface area contributed by atoms with E-state index in [1.54, 1.807) is 24.8 Å². The first-order valence-corrected chi connectivity index (χ1v) is 4.96. The summed E-state index contributed by atoms with van der Waals surface area (Å²) in [5.74, 6) is 1.01. The lowest BCUT2D eigenvalue weighted by atomic mass is 10.2. The summed E-state index contributed by atoms with van der Waals surface area (Å²) in [7, 11) is 0. The number of carboxylic acid groups (broad SMARTS) is 1. The SMILES string of the molecule is C/C(=C\C1CSCCO1)C(=O)O. The molecule has 0 radical (unpaired) electrons. The number of hydrogen-bond acceptors (Lipinski definition) is 3. The summed E-state index contributed by atoms with van der Waals surface area (Å²) in [4.78, 5) is 10.4. The number of thioether (sulfide) groups is 1. The van der Waals surface area contributed by atoms with Crippen molar-refractivity contribution in [1.82, 2.24) is 0 Å². The van der Waals surface area contributed by atoms with Crippen LogP contribution in [0, 0.1) is 0 Å². The van der Waals surface area contributed by atoms with Gasteiger partial charge in [0.15, 0.2) is 0 Å². The molecule has 1 rings (SSSR count). The van der Waals surface area contributed by atoms with Crippen LogP contribution < -0.4 is 0 Å². The molecule has 0 saturated carbocycles. The van der Waals surface area contributed by atoms with Crippen molar-refractivity contribution in [1.29, 1.82) is 0 Å². The number of rotatable bonds is 2. The molecule has 0 amide bonds. The third kappa shape index (κ3) is 2.87. The Labute approximate surface area is 75.8 Å². The van der Waals surface area contributed by atoms with E-state index in [-0.39, 0.29) is 6.10 Å². The highest BCUT2D eigenvalue weighted by molar-refractivity contribution is 7.99. The van der Waals surface area contributed by atoms with Crippen LogP contribution in [-0.4, -0.2) is 35.3 Å². The Kier molecular flexibility index (Phi) is 3.62. The molecule has 1 aliphatic rings. The first-order valence-electron chi connectivity index (χ1n) is 3.81. The Hall–Kier alpha value is -0.480. The predicted molar refractivity (Wildman–Crippen MR) is 48.5 cm³/mol. The lowest BCUT2D eigenvalue weighted by molar-refractivity contribution is -0.132. The Morgan fingerprint density at radius 2 is 2.50 bits per heavy atom. The molecule has 1 heterocycles. The van der Waals surface area contributed by atoms with Gasteiger partial charge in [-0.25, -0.2) is 4.79 Å². The minimum Gasteiger partial charge on any atom is -0.478 e. The summed E-state index contributed by atoms with van der Waals surface area (Å²) in [6, 6.07) is 0. The van der Waals surface area contributed by atoms with Crippen molar-refractivity contribution in [2.45, 2.75) is 13.0 Å². The fourth-order valence-electron chi connectivity index (χ4n) is 0.952. The Morgan fingerprint density at radius 3 is 3.00 bits per heavy atom. The van der Waals surface area contributed by atoms with Gasteiger partial charge in [-0.3, -0.25) is 0 Å². The number of carbonyl (C=O) groups is 1. The standard InChI is InChI=1S/C8H12O3S/c1-6(8(9)10)4-7-5-12-3-2-11-7/h4,7H,2-3,5H2,1H3,(H,9,10)/b6-4+. The minimum atomic E-state index is -0.867. The molecule has 4 heteroatoms. The Bertz CT molecular complexity index is 194.